The molecule has 0 atom stereocenters. The molecule has 3 aliphatic rings. The Morgan fingerprint density at radius 2 is 1.58 bits per heavy atom. The van der Waals surface area contributed by atoms with Crippen molar-refractivity contribution < 1.29 is 9.59 Å². The molecule has 26 heavy (non-hydrogen) atoms. The second-order valence-electron chi connectivity index (χ2n) is 8.40. The number of nitrogens with one attached hydrogen (secondary N) is 1. The van der Waals surface area contributed by atoms with Crippen LogP contribution in [0.1, 0.15) is 67.3 Å². The molecule has 4 nitrogen and oxygen atoms in total. The van der Waals surface area contributed by atoms with Crippen LogP contribution in [0.25, 0.3) is 0 Å². The largest absolute Gasteiger partial charge is 0.349 e. The second kappa shape index (κ2) is 7.81. The molecule has 1 N–H and O–H groups in total. The van der Waals surface area contributed by atoms with Gasteiger partial charge >= 0.3 is 0 Å². The standard InChI is InChI=1S/C22H30N2O2/c25-21(23-20-3-1-2-4-20)18-7-5-16(6-8-18)15-17-11-13-24(14-12-17)22(26)19-9-10-19/h5-8,17,19-20H,1-4,9-15H2,(H,23,25). The predicted molar refractivity (Wildman–Crippen MR) is 102 cm³/mol. The van der Waals surface area contributed by atoms with Gasteiger partial charge in [-0.25, -0.2) is 0 Å². The van der Waals surface area contributed by atoms with Gasteiger partial charge in [-0.05, 0) is 68.6 Å². The van der Waals surface area contributed by atoms with Gasteiger partial charge in [0.15, 0.2) is 0 Å². The lowest BCUT2D eigenvalue weighted by Gasteiger charge is -2.32. The van der Waals surface area contributed by atoms with E-state index in [-0.39, 0.29) is 5.91 Å². The average Bonchev–Trinajstić information content (AvgIpc) is 3.40. The van der Waals surface area contributed by atoms with E-state index < -0.39 is 0 Å². The topological polar surface area (TPSA) is 49.4 Å². The van der Waals surface area contributed by atoms with Crippen LogP contribution in [0.2, 0.25) is 0 Å². The minimum atomic E-state index is 0.0651. The molecule has 3 fully saturated rings. The van der Waals surface area contributed by atoms with Crippen LogP contribution in [0.4, 0.5) is 0 Å². The Kier molecular flexibility index (Phi) is 5.28. The van der Waals surface area contributed by atoms with Crippen LogP contribution in [-0.4, -0.2) is 35.8 Å². The SMILES string of the molecule is O=C(NC1CCCC1)c1ccc(CC2CCN(C(=O)C3CC3)CC2)cc1. The van der Waals surface area contributed by atoms with Gasteiger partial charge in [0, 0.05) is 30.6 Å². The van der Waals surface area contributed by atoms with Crippen molar-refractivity contribution in [3.05, 3.63) is 35.4 Å². The van der Waals surface area contributed by atoms with E-state index in [9.17, 15) is 9.59 Å². The van der Waals surface area contributed by atoms with Crippen LogP contribution >= 0.6 is 0 Å². The highest BCUT2D eigenvalue weighted by Crippen LogP contribution is 2.33. The molecule has 2 saturated carbocycles. The summed E-state index contributed by atoms with van der Waals surface area (Å²) in [6.07, 6.45) is 10.1. The fourth-order valence-corrected chi connectivity index (χ4v) is 4.41. The summed E-state index contributed by atoms with van der Waals surface area (Å²) in [6.45, 7) is 1.84. The molecule has 4 heteroatoms. The number of carbonyl (C=O) groups excluding carboxylic acids is 2. The highest BCUT2D eigenvalue weighted by Gasteiger charge is 2.34. The zero-order chi connectivity index (χ0) is 17.9. The summed E-state index contributed by atoms with van der Waals surface area (Å²) in [5.74, 6) is 1.45. The maximum absolute atomic E-state index is 12.3. The van der Waals surface area contributed by atoms with Crippen molar-refractivity contribution in [2.75, 3.05) is 13.1 Å². The van der Waals surface area contributed by atoms with Crippen LogP contribution in [0.3, 0.4) is 0 Å². The smallest absolute Gasteiger partial charge is 0.251 e. The fraction of sp³-hybridized carbons (Fsp3) is 0.636. The van der Waals surface area contributed by atoms with Gasteiger partial charge in [-0.3, -0.25) is 9.59 Å². The first kappa shape index (κ1) is 17.6. The van der Waals surface area contributed by atoms with Gasteiger partial charge in [-0.2, -0.15) is 0 Å². The lowest BCUT2D eigenvalue weighted by atomic mass is 9.89. The van der Waals surface area contributed by atoms with Crippen LogP contribution in [0.5, 0.6) is 0 Å². The van der Waals surface area contributed by atoms with Crippen molar-refractivity contribution in [2.45, 2.75) is 63.8 Å². The van der Waals surface area contributed by atoms with Crippen molar-refractivity contribution in [3.8, 4) is 0 Å². The second-order valence-corrected chi connectivity index (χ2v) is 8.40. The normalized spacial score (nSPS) is 21.8. The summed E-state index contributed by atoms with van der Waals surface area (Å²) in [7, 11) is 0. The van der Waals surface area contributed by atoms with Crippen molar-refractivity contribution in [1.82, 2.24) is 10.2 Å². The first-order chi connectivity index (χ1) is 12.7. The third-order valence-corrected chi connectivity index (χ3v) is 6.28. The number of carbonyl (C=O) groups is 2. The molecule has 0 aromatic heterocycles. The molecule has 4 rings (SSSR count). The first-order valence-corrected chi connectivity index (χ1v) is 10.4. The van der Waals surface area contributed by atoms with E-state index in [2.05, 4.69) is 22.3 Å². The zero-order valence-corrected chi connectivity index (χ0v) is 15.6. The van der Waals surface area contributed by atoms with Gasteiger partial charge in [0.25, 0.3) is 5.91 Å². The number of hydrogen-bond acceptors (Lipinski definition) is 2. The molecule has 2 aliphatic carbocycles. The van der Waals surface area contributed by atoms with E-state index in [0.717, 1.165) is 63.6 Å². The number of piperidine rings is 1. The molecule has 0 unspecified atom stereocenters. The molecule has 0 spiro atoms. The summed E-state index contributed by atoms with van der Waals surface area (Å²) in [5.41, 5.74) is 2.07. The quantitative estimate of drug-likeness (QED) is 0.879. The molecule has 140 valence electrons. The third-order valence-electron chi connectivity index (χ3n) is 6.28. The Hall–Kier alpha value is -1.84. The lowest BCUT2D eigenvalue weighted by Crippen LogP contribution is -2.39. The van der Waals surface area contributed by atoms with E-state index in [1.807, 2.05) is 12.1 Å². The number of nitrogens with zero attached hydrogens (tertiary/aromatic N) is 1. The summed E-state index contributed by atoms with van der Waals surface area (Å²) >= 11 is 0. The minimum Gasteiger partial charge on any atom is -0.349 e. The molecule has 1 aromatic rings. The van der Waals surface area contributed by atoms with Gasteiger partial charge in [-0.1, -0.05) is 25.0 Å². The zero-order valence-electron chi connectivity index (χ0n) is 15.6. The number of benzene rings is 1. The van der Waals surface area contributed by atoms with Gasteiger partial charge in [-0.15, -0.1) is 0 Å². The van der Waals surface area contributed by atoms with Crippen LogP contribution in [0, 0.1) is 11.8 Å². The maximum Gasteiger partial charge on any atom is 0.251 e. The first-order valence-electron chi connectivity index (χ1n) is 10.4. The third kappa shape index (κ3) is 4.28. The average molecular weight is 354 g/mol. The van der Waals surface area contributed by atoms with E-state index in [1.54, 1.807) is 0 Å². The molecule has 1 heterocycles. The molecule has 0 bridgehead atoms. The predicted octanol–water partition coefficient (Wildman–Crippen LogP) is 3.55. The minimum absolute atomic E-state index is 0.0651. The molecule has 1 saturated heterocycles. The van der Waals surface area contributed by atoms with E-state index in [0.29, 0.717) is 23.8 Å². The molecular formula is C22H30N2O2. The Morgan fingerprint density at radius 3 is 2.19 bits per heavy atom. The molecule has 1 aromatic carbocycles. The van der Waals surface area contributed by atoms with Crippen molar-refractivity contribution in [1.29, 1.82) is 0 Å². The Labute approximate surface area is 156 Å². The van der Waals surface area contributed by atoms with Crippen LogP contribution < -0.4 is 5.32 Å². The Bertz CT molecular complexity index is 637. The van der Waals surface area contributed by atoms with Crippen molar-refractivity contribution in [2.24, 2.45) is 11.8 Å². The van der Waals surface area contributed by atoms with Gasteiger partial charge in [0.05, 0.1) is 0 Å². The van der Waals surface area contributed by atoms with Crippen molar-refractivity contribution in [3.63, 3.8) is 0 Å². The van der Waals surface area contributed by atoms with Gasteiger partial charge < -0.3 is 10.2 Å². The Balaban J connectivity index is 1.25. The number of hydrogen-bond donors (Lipinski definition) is 1. The monoisotopic (exact) mass is 354 g/mol. The molecule has 2 amide bonds. The number of likely N-dealkylation sites (tertiary alicyclic amines) is 1. The van der Waals surface area contributed by atoms with Crippen LogP contribution in [0.15, 0.2) is 24.3 Å². The summed E-state index contributed by atoms with van der Waals surface area (Å²) in [4.78, 5) is 26.5. The summed E-state index contributed by atoms with van der Waals surface area (Å²) in [5, 5.41) is 3.15. The fourth-order valence-electron chi connectivity index (χ4n) is 4.41. The molecule has 0 radical (unpaired) electrons. The summed E-state index contributed by atoms with van der Waals surface area (Å²) in [6, 6.07) is 8.50. The molecule has 1 aliphatic heterocycles. The number of amides is 2. The van der Waals surface area contributed by atoms with Crippen LogP contribution in [-0.2, 0) is 11.2 Å². The molecular weight excluding hydrogens is 324 g/mol. The van der Waals surface area contributed by atoms with Gasteiger partial charge in [0.2, 0.25) is 5.91 Å². The van der Waals surface area contributed by atoms with E-state index >= 15 is 0 Å². The van der Waals surface area contributed by atoms with Gasteiger partial charge in [0.1, 0.15) is 0 Å². The van der Waals surface area contributed by atoms with Crippen molar-refractivity contribution >= 4 is 11.8 Å². The highest BCUT2D eigenvalue weighted by atomic mass is 16.2. The maximum atomic E-state index is 12.3. The Morgan fingerprint density at radius 1 is 0.923 bits per heavy atom. The summed E-state index contributed by atoms with van der Waals surface area (Å²) < 4.78 is 0. The lowest BCUT2D eigenvalue weighted by molar-refractivity contribution is -0.133. The number of rotatable bonds is 5. The highest BCUT2D eigenvalue weighted by molar-refractivity contribution is 5.94. The van der Waals surface area contributed by atoms with E-state index in [1.165, 1.54) is 18.4 Å². The van der Waals surface area contributed by atoms with E-state index in [4.69, 9.17) is 0 Å².